The van der Waals surface area contributed by atoms with Crippen molar-refractivity contribution in [3.05, 3.63) is 11.6 Å². The Kier molecular flexibility index (Phi) is 1.41. The summed E-state index contributed by atoms with van der Waals surface area (Å²) in [6, 6.07) is 0. The molecule has 0 radical (unpaired) electrons. The summed E-state index contributed by atoms with van der Waals surface area (Å²) in [6.07, 6.45) is 7.67. The lowest BCUT2D eigenvalue weighted by molar-refractivity contribution is -0.114. The number of rotatable bonds is 0. The molecule has 0 aromatic rings. The van der Waals surface area contributed by atoms with Crippen LogP contribution in [0.5, 0.6) is 0 Å². The highest BCUT2D eigenvalue weighted by Crippen LogP contribution is 2.46. The van der Waals surface area contributed by atoms with Crippen molar-refractivity contribution >= 4 is 5.78 Å². The van der Waals surface area contributed by atoms with Crippen LogP contribution in [0.15, 0.2) is 11.6 Å². The SMILES string of the molecule is CC12CCCC=C1C(=O)CC2. The molecule has 1 unspecified atom stereocenters. The van der Waals surface area contributed by atoms with Gasteiger partial charge in [0.25, 0.3) is 0 Å². The van der Waals surface area contributed by atoms with E-state index < -0.39 is 0 Å². The maximum Gasteiger partial charge on any atom is 0.159 e. The standard InChI is InChI=1S/C10H14O/c1-10-6-3-2-4-8(10)9(11)5-7-10/h4H,2-3,5-7H2,1H3. The van der Waals surface area contributed by atoms with E-state index in [-0.39, 0.29) is 5.41 Å². The number of hydrogen-bond donors (Lipinski definition) is 0. The maximum absolute atomic E-state index is 11.3. The van der Waals surface area contributed by atoms with Crippen molar-refractivity contribution in [2.75, 3.05) is 0 Å². The summed E-state index contributed by atoms with van der Waals surface area (Å²) in [6.45, 7) is 2.24. The topological polar surface area (TPSA) is 17.1 Å². The minimum atomic E-state index is 0.273. The predicted octanol–water partition coefficient (Wildman–Crippen LogP) is 2.47. The van der Waals surface area contributed by atoms with Gasteiger partial charge in [0, 0.05) is 6.42 Å². The quantitative estimate of drug-likeness (QED) is 0.518. The third kappa shape index (κ3) is 0.943. The van der Waals surface area contributed by atoms with Gasteiger partial charge in [0.2, 0.25) is 0 Å². The van der Waals surface area contributed by atoms with Gasteiger partial charge in [-0.05, 0) is 36.7 Å². The van der Waals surface area contributed by atoms with Crippen LogP contribution in [0.3, 0.4) is 0 Å². The van der Waals surface area contributed by atoms with E-state index in [4.69, 9.17) is 0 Å². The summed E-state index contributed by atoms with van der Waals surface area (Å²) in [5, 5.41) is 0. The van der Waals surface area contributed by atoms with Gasteiger partial charge in [-0.15, -0.1) is 0 Å². The van der Waals surface area contributed by atoms with E-state index in [0.29, 0.717) is 5.78 Å². The van der Waals surface area contributed by atoms with Crippen molar-refractivity contribution in [2.24, 2.45) is 5.41 Å². The summed E-state index contributed by atoms with van der Waals surface area (Å²) in [4.78, 5) is 11.3. The van der Waals surface area contributed by atoms with E-state index in [9.17, 15) is 4.79 Å². The molecule has 1 nitrogen and oxygen atoms in total. The molecule has 60 valence electrons. The Bertz CT molecular complexity index is 227. The molecule has 1 heteroatoms. The largest absolute Gasteiger partial charge is 0.295 e. The monoisotopic (exact) mass is 150 g/mol. The molecule has 0 amide bonds. The lowest BCUT2D eigenvalue weighted by Crippen LogP contribution is -2.18. The van der Waals surface area contributed by atoms with E-state index >= 15 is 0 Å². The molecule has 0 aromatic carbocycles. The molecule has 1 atom stereocenters. The van der Waals surface area contributed by atoms with E-state index in [1.54, 1.807) is 0 Å². The van der Waals surface area contributed by atoms with Gasteiger partial charge >= 0.3 is 0 Å². The van der Waals surface area contributed by atoms with Gasteiger partial charge in [0.1, 0.15) is 0 Å². The van der Waals surface area contributed by atoms with Gasteiger partial charge < -0.3 is 0 Å². The van der Waals surface area contributed by atoms with Crippen LogP contribution in [-0.4, -0.2) is 5.78 Å². The maximum atomic E-state index is 11.3. The lowest BCUT2D eigenvalue weighted by Gasteiger charge is -2.28. The molecule has 0 heterocycles. The molecular weight excluding hydrogens is 136 g/mol. The number of Topliss-reactive ketones (excluding diaryl/α,β-unsaturated/α-hetero) is 1. The molecule has 2 aliphatic carbocycles. The van der Waals surface area contributed by atoms with Crippen molar-refractivity contribution < 1.29 is 4.79 Å². The Morgan fingerprint density at radius 2 is 2.27 bits per heavy atom. The summed E-state index contributed by atoms with van der Waals surface area (Å²) in [5.41, 5.74) is 1.42. The van der Waals surface area contributed by atoms with Crippen LogP contribution >= 0.6 is 0 Å². The van der Waals surface area contributed by atoms with Gasteiger partial charge in [-0.25, -0.2) is 0 Å². The summed E-state index contributed by atoms with van der Waals surface area (Å²) in [5.74, 6) is 0.409. The molecule has 0 saturated heterocycles. The van der Waals surface area contributed by atoms with Crippen LogP contribution in [-0.2, 0) is 4.79 Å². The Balaban J connectivity index is 2.38. The number of carbonyl (C=O) groups excluding carboxylic acids is 1. The molecule has 1 fully saturated rings. The van der Waals surface area contributed by atoms with Gasteiger partial charge in [-0.2, -0.15) is 0 Å². The van der Waals surface area contributed by atoms with Crippen LogP contribution in [0.2, 0.25) is 0 Å². The van der Waals surface area contributed by atoms with Gasteiger partial charge in [-0.1, -0.05) is 13.0 Å². The summed E-state index contributed by atoms with van der Waals surface area (Å²) in [7, 11) is 0. The third-order valence-electron chi connectivity index (χ3n) is 3.14. The van der Waals surface area contributed by atoms with Gasteiger partial charge in [-0.3, -0.25) is 4.79 Å². The molecule has 0 aromatic heterocycles. The van der Waals surface area contributed by atoms with Crippen LogP contribution in [0, 0.1) is 5.41 Å². The van der Waals surface area contributed by atoms with Crippen molar-refractivity contribution in [3.63, 3.8) is 0 Å². The first-order valence-electron chi connectivity index (χ1n) is 4.46. The normalized spacial score (nSPS) is 36.8. The Hall–Kier alpha value is -0.590. The first-order valence-corrected chi connectivity index (χ1v) is 4.46. The van der Waals surface area contributed by atoms with Crippen molar-refractivity contribution in [2.45, 2.75) is 39.0 Å². The van der Waals surface area contributed by atoms with Gasteiger partial charge in [0.15, 0.2) is 5.78 Å². The molecule has 2 rings (SSSR count). The van der Waals surface area contributed by atoms with E-state index in [1.807, 2.05) is 0 Å². The Labute approximate surface area is 67.5 Å². The van der Waals surface area contributed by atoms with Gasteiger partial charge in [0.05, 0.1) is 0 Å². The average molecular weight is 150 g/mol. The van der Waals surface area contributed by atoms with Crippen LogP contribution in [0.1, 0.15) is 39.0 Å². The molecule has 2 aliphatic rings. The zero-order valence-electron chi connectivity index (χ0n) is 7.02. The Morgan fingerprint density at radius 3 is 3.00 bits per heavy atom. The highest BCUT2D eigenvalue weighted by Gasteiger charge is 2.39. The number of ketones is 1. The number of hydrogen-bond acceptors (Lipinski definition) is 1. The number of allylic oxidation sites excluding steroid dienone is 2. The number of fused-ring (bicyclic) bond motifs is 1. The van der Waals surface area contributed by atoms with Crippen molar-refractivity contribution in [1.82, 2.24) is 0 Å². The zero-order valence-corrected chi connectivity index (χ0v) is 7.02. The fourth-order valence-corrected chi connectivity index (χ4v) is 2.35. The summed E-state index contributed by atoms with van der Waals surface area (Å²) >= 11 is 0. The molecule has 11 heavy (non-hydrogen) atoms. The fourth-order valence-electron chi connectivity index (χ4n) is 2.35. The molecule has 0 N–H and O–H groups in total. The molecule has 1 saturated carbocycles. The van der Waals surface area contributed by atoms with E-state index in [2.05, 4.69) is 13.0 Å². The second-order valence-corrected chi connectivity index (χ2v) is 3.99. The zero-order chi connectivity index (χ0) is 7.90. The van der Waals surface area contributed by atoms with Crippen molar-refractivity contribution in [1.29, 1.82) is 0 Å². The molecular formula is C10H14O. The first kappa shape index (κ1) is 7.08. The average Bonchev–Trinajstić information content (AvgIpc) is 2.29. The number of carbonyl (C=O) groups is 1. The predicted molar refractivity (Wildman–Crippen MR) is 44.3 cm³/mol. The fraction of sp³-hybridized carbons (Fsp3) is 0.700. The Morgan fingerprint density at radius 1 is 1.45 bits per heavy atom. The lowest BCUT2D eigenvalue weighted by atomic mass is 9.76. The third-order valence-corrected chi connectivity index (χ3v) is 3.14. The smallest absolute Gasteiger partial charge is 0.159 e. The summed E-state index contributed by atoms with van der Waals surface area (Å²) < 4.78 is 0. The second kappa shape index (κ2) is 2.20. The second-order valence-electron chi connectivity index (χ2n) is 3.99. The van der Waals surface area contributed by atoms with E-state index in [1.165, 1.54) is 12.8 Å². The highest BCUT2D eigenvalue weighted by atomic mass is 16.1. The molecule has 0 spiro atoms. The van der Waals surface area contributed by atoms with Crippen molar-refractivity contribution in [3.8, 4) is 0 Å². The van der Waals surface area contributed by atoms with Crippen LogP contribution in [0.4, 0.5) is 0 Å². The van der Waals surface area contributed by atoms with E-state index in [0.717, 1.165) is 24.8 Å². The minimum absolute atomic E-state index is 0.273. The highest BCUT2D eigenvalue weighted by molar-refractivity contribution is 5.99. The minimum Gasteiger partial charge on any atom is -0.295 e. The molecule has 0 bridgehead atoms. The van der Waals surface area contributed by atoms with Crippen LogP contribution in [0.25, 0.3) is 0 Å². The first-order chi connectivity index (χ1) is 5.22. The molecule has 0 aliphatic heterocycles. The van der Waals surface area contributed by atoms with Crippen LogP contribution < -0.4 is 0 Å².